The van der Waals surface area contributed by atoms with Crippen LogP contribution in [0.25, 0.3) is 22.2 Å². The van der Waals surface area contributed by atoms with Crippen LogP contribution in [-0.2, 0) is 7.05 Å². The van der Waals surface area contributed by atoms with Crippen LogP contribution < -0.4 is 15.2 Å². The second-order valence-corrected chi connectivity index (χ2v) is 8.43. The number of hydrogen-bond donors (Lipinski definition) is 0. The first-order valence-electron chi connectivity index (χ1n) is 11.0. The minimum atomic E-state index is -0.0975. The highest BCUT2D eigenvalue weighted by Crippen LogP contribution is 2.37. The van der Waals surface area contributed by atoms with Crippen LogP contribution in [0, 0.1) is 17.2 Å². The Bertz CT molecular complexity index is 1410. The van der Waals surface area contributed by atoms with E-state index in [1.807, 2.05) is 24.3 Å². The molecule has 4 aromatic rings. The summed E-state index contributed by atoms with van der Waals surface area (Å²) in [6, 6.07) is 23.5. The first-order valence-corrected chi connectivity index (χ1v) is 11.0. The third-order valence-electron chi connectivity index (χ3n) is 6.21. The highest BCUT2D eigenvalue weighted by Gasteiger charge is 2.27. The molecule has 5 rings (SSSR count). The molecule has 0 amide bonds. The monoisotopic (exact) mass is 436 g/mol. The Balaban J connectivity index is 1.60. The van der Waals surface area contributed by atoms with Gasteiger partial charge in [0.25, 0.3) is 5.56 Å². The summed E-state index contributed by atoms with van der Waals surface area (Å²) >= 11 is 0. The Hall–Kier alpha value is -4.11. The van der Waals surface area contributed by atoms with Crippen LogP contribution in [0.5, 0.6) is 5.75 Å². The van der Waals surface area contributed by atoms with Gasteiger partial charge < -0.3 is 14.2 Å². The van der Waals surface area contributed by atoms with Crippen LogP contribution in [0.4, 0.5) is 11.4 Å². The van der Waals surface area contributed by atoms with E-state index in [9.17, 15) is 10.1 Å². The molecule has 2 aromatic heterocycles. The summed E-state index contributed by atoms with van der Waals surface area (Å²) in [6.45, 7) is 0.808. The number of aromatic nitrogens is 2. The molecule has 1 fully saturated rings. The lowest BCUT2D eigenvalue weighted by molar-refractivity contribution is 0.415. The number of fused-ring (bicyclic) bond motifs is 1. The number of aryl methyl sites for hydroxylation is 1. The van der Waals surface area contributed by atoms with Crippen molar-refractivity contribution < 1.29 is 4.74 Å². The van der Waals surface area contributed by atoms with Crippen molar-refractivity contribution in [1.29, 1.82) is 5.26 Å². The smallest absolute Gasteiger partial charge is 0.252 e. The highest BCUT2D eigenvalue weighted by atomic mass is 16.5. The molecule has 0 N–H and O–H groups in total. The number of anilines is 2. The van der Waals surface area contributed by atoms with Crippen molar-refractivity contribution in [3.05, 3.63) is 82.8 Å². The lowest BCUT2D eigenvalue weighted by atomic mass is 10.0. The number of methoxy groups -OCH3 is 1. The van der Waals surface area contributed by atoms with E-state index >= 15 is 0 Å². The van der Waals surface area contributed by atoms with E-state index in [1.165, 1.54) is 12.8 Å². The summed E-state index contributed by atoms with van der Waals surface area (Å²) in [5.74, 6) is 1.41. The van der Waals surface area contributed by atoms with Crippen molar-refractivity contribution >= 4 is 22.4 Å². The van der Waals surface area contributed by atoms with Gasteiger partial charge in [-0.05, 0) is 66.3 Å². The van der Waals surface area contributed by atoms with Gasteiger partial charge in [0.15, 0.2) is 0 Å². The van der Waals surface area contributed by atoms with E-state index in [-0.39, 0.29) is 5.56 Å². The van der Waals surface area contributed by atoms with Crippen LogP contribution in [0.2, 0.25) is 0 Å². The number of benzene rings is 2. The normalized spacial score (nSPS) is 13.0. The largest absolute Gasteiger partial charge is 0.497 e. The maximum absolute atomic E-state index is 12.8. The van der Waals surface area contributed by atoms with Crippen molar-refractivity contribution in [2.45, 2.75) is 12.8 Å². The van der Waals surface area contributed by atoms with Gasteiger partial charge in [0.2, 0.25) is 0 Å². The summed E-state index contributed by atoms with van der Waals surface area (Å²) < 4.78 is 6.84. The van der Waals surface area contributed by atoms with Crippen LogP contribution in [0.1, 0.15) is 18.5 Å². The number of pyridine rings is 2. The summed E-state index contributed by atoms with van der Waals surface area (Å²) in [6.07, 6.45) is 2.36. The molecule has 0 spiro atoms. The van der Waals surface area contributed by atoms with Crippen molar-refractivity contribution in [3.8, 4) is 22.9 Å². The maximum atomic E-state index is 12.8. The third kappa shape index (κ3) is 4.06. The molecule has 1 aliphatic carbocycles. The van der Waals surface area contributed by atoms with Crippen LogP contribution >= 0.6 is 0 Å². The van der Waals surface area contributed by atoms with Gasteiger partial charge in [-0.1, -0.05) is 24.3 Å². The highest BCUT2D eigenvalue weighted by molar-refractivity contribution is 5.91. The molecule has 0 atom stereocenters. The van der Waals surface area contributed by atoms with E-state index in [0.717, 1.165) is 34.8 Å². The lowest BCUT2D eigenvalue weighted by Crippen LogP contribution is -2.25. The molecule has 0 bridgehead atoms. The Kier molecular flexibility index (Phi) is 5.31. The SMILES string of the molecule is COc1ccc(-c2ccc(N(CC3CC3)c3cc(=O)n(C)c4ccc(C#N)nc34)cc2)cc1. The fourth-order valence-corrected chi connectivity index (χ4v) is 4.10. The predicted octanol–water partition coefficient (Wildman–Crippen LogP) is 5.03. The Labute approximate surface area is 192 Å². The zero-order valence-corrected chi connectivity index (χ0v) is 18.7. The number of ether oxygens (including phenoxy) is 1. The number of nitriles is 1. The molecule has 2 heterocycles. The molecule has 164 valence electrons. The summed E-state index contributed by atoms with van der Waals surface area (Å²) in [4.78, 5) is 19.5. The molecule has 33 heavy (non-hydrogen) atoms. The van der Waals surface area contributed by atoms with E-state index in [0.29, 0.717) is 22.6 Å². The summed E-state index contributed by atoms with van der Waals surface area (Å²) in [5, 5.41) is 9.39. The standard InChI is InChI=1S/C27H24N4O2/c1-30-24-14-9-21(16-28)29-27(24)25(15-26(30)32)31(17-18-3-4-18)22-10-5-19(6-11-22)20-7-12-23(33-2)13-8-20/h5-15,18H,3-4,17H2,1-2H3. The molecule has 6 heteroatoms. The van der Waals surface area contributed by atoms with Crippen molar-refractivity contribution in [2.24, 2.45) is 13.0 Å². The van der Waals surface area contributed by atoms with Gasteiger partial charge in [0.1, 0.15) is 23.0 Å². The van der Waals surface area contributed by atoms with E-state index < -0.39 is 0 Å². The quantitative estimate of drug-likeness (QED) is 0.424. The molecule has 1 saturated carbocycles. The molecular formula is C27H24N4O2. The zero-order chi connectivity index (χ0) is 22.9. The van der Waals surface area contributed by atoms with Crippen molar-refractivity contribution in [3.63, 3.8) is 0 Å². The number of hydrogen-bond acceptors (Lipinski definition) is 5. The Morgan fingerprint density at radius 2 is 1.73 bits per heavy atom. The van der Waals surface area contributed by atoms with Crippen LogP contribution in [0.15, 0.2) is 71.5 Å². The summed E-state index contributed by atoms with van der Waals surface area (Å²) in [5.41, 5.74) is 5.57. The van der Waals surface area contributed by atoms with Gasteiger partial charge in [-0.25, -0.2) is 4.98 Å². The molecular weight excluding hydrogens is 412 g/mol. The Morgan fingerprint density at radius 3 is 2.33 bits per heavy atom. The minimum Gasteiger partial charge on any atom is -0.497 e. The van der Waals surface area contributed by atoms with Crippen molar-refractivity contribution in [2.75, 3.05) is 18.6 Å². The van der Waals surface area contributed by atoms with Gasteiger partial charge in [-0.2, -0.15) is 5.26 Å². The fourth-order valence-electron chi connectivity index (χ4n) is 4.10. The van der Waals surface area contributed by atoms with Gasteiger partial charge in [-0.3, -0.25) is 4.79 Å². The number of nitrogens with zero attached hydrogens (tertiary/aromatic N) is 4. The average molecular weight is 437 g/mol. The van der Waals surface area contributed by atoms with Gasteiger partial charge in [-0.15, -0.1) is 0 Å². The van der Waals surface area contributed by atoms with E-state index in [2.05, 4.69) is 40.2 Å². The van der Waals surface area contributed by atoms with Crippen LogP contribution in [-0.4, -0.2) is 23.2 Å². The molecule has 1 aliphatic rings. The lowest BCUT2D eigenvalue weighted by Gasteiger charge is -2.26. The first kappa shape index (κ1) is 20.8. The van der Waals surface area contributed by atoms with Crippen LogP contribution in [0.3, 0.4) is 0 Å². The van der Waals surface area contributed by atoms with E-state index in [1.54, 1.807) is 36.9 Å². The van der Waals surface area contributed by atoms with Gasteiger partial charge in [0.05, 0.1) is 18.3 Å². The molecule has 0 radical (unpaired) electrons. The number of rotatable bonds is 6. The Morgan fingerprint density at radius 1 is 1.06 bits per heavy atom. The third-order valence-corrected chi connectivity index (χ3v) is 6.21. The van der Waals surface area contributed by atoms with Gasteiger partial charge >= 0.3 is 0 Å². The maximum Gasteiger partial charge on any atom is 0.252 e. The molecule has 0 unspecified atom stereocenters. The van der Waals surface area contributed by atoms with Gasteiger partial charge in [0, 0.05) is 25.3 Å². The van der Waals surface area contributed by atoms with Crippen molar-refractivity contribution in [1.82, 2.24) is 9.55 Å². The minimum absolute atomic E-state index is 0.0975. The second-order valence-electron chi connectivity index (χ2n) is 8.43. The molecule has 6 nitrogen and oxygen atoms in total. The molecule has 0 saturated heterocycles. The second kappa shape index (κ2) is 8.44. The zero-order valence-electron chi connectivity index (χ0n) is 18.7. The summed E-state index contributed by atoms with van der Waals surface area (Å²) in [7, 11) is 3.39. The predicted molar refractivity (Wildman–Crippen MR) is 130 cm³/mol. The van der Waals surface area contributed by atoms with E-state index in [4.69, 9.17) is 4.74 Å². The fraction of sp³-hybridized carbons (Fsp3) is 0.222. The first-order chi connectivity index (χ1) is 16.1. The topological polar surface area (TPSA) is 71.2 Å². The molecule has 0 aliphatic heterocycles. The average Bonchev–Trinajstić information content (AvgIpc) is 3.69. The molecule has 2 aromatic carbocycles.